The van der Waals surface area contributed by atoms with Gasteiger partial charge in [0.15, 0.2) is 11.3 Å². The molecule has 0 atom stereocenters. The molecule has 2 aromatic carbocycles. The molecule has 5 rings (SSSR count). The molecule has 7 heteroatoms. The van der Waals surface area contributed by atoms with Crippen molar-refractivity contribution in [3.8, 4) is 5.75 Å². The van der Waals surface area contributed by atoms with Gasteiger partial charge in [-0.2, -0.15) is 0 Å². The van der Waals surface area contributed by atoms with Crippen molar-refractivity contribution < 1.29 is 13.9 Å². The van der Waals surface area contributed by atoms with E-state index in [1.165, 1.54) is 7.11 Å². The van der Waals surface area contributed by atoms with E-state index in [0.29, 0.717) is 29.8 Å². The molecule has 0 aliphatic carbocycles. The quantitative estimate of drug-likeness (QED) is 0.544. The number of aryl methyl sites for hydroxylation is 1. The van der Waals surface area contributed by atoms with Gasteiger partial charge in [0.05, 0.1) is 24.1 Å². The highest BCUT2D eigenvalue weighted by molar-refractivity contribution is 5.97. The fourth-order valence-electron chi connectivity index (χ4n) is 3.75. The number of rotatable bonds is 3. The zero-order valence-electron chi connectivity index (χ0n) is 16.1. The molecule has 29 heavy (non-hydrogen) atoms. The SMILES string of the molecule is COc1cccc2cc(C(=O)N3CC(c4nc5ccc(C)cc5[nH]4)C3)c(=O)oc12. The van der Waals surface area contributed by atoms with Crippen molar-refractivity contribution in [2.75, 3.05) is 20.2 Å². The molecule has 1 saturated heterocycles. The first-order chi connectivity index (χ1) is 14.0. The molecule has 0 radical (unpaired) electrons. The molecule has 4 aromatic rings. The van der Waals surface area contributed by atoms with Gasteiger partial charge in [-0.15, -0.1) is 0 Å². The number of fused-ring (bicyclic) bond motifs is 2. The number of imidazole rings is 1. The Hall–Kier alpha value is -3.61. The van der Waals surface area contributed by atoms with E-state index in [4.69, 9.17) is 9.15 Å². The number of hydrogen-bond acceptors (Lipinski definition) is 5. The van der Waals surface area contributed by atoms with Crippen molar-refractivity contribution >= 4 is 27.9 Å². The van der Waals surface area contributed by atoms with Crippen molar-refractivity contribution in [2.24, 2.45) is 0 Å². The maximum absolute atomic E-state index is 12.8. The molecular weight excluding hydrogens is 370 g/mol. The molecule has 146 valence electrons. The highest BCUT2D eigenvalue weighted by Gasteiger charge is 2.35. The second kappa shape index (κ2) is 6.48. The van der Waals surface area contributed by atoms with Crippen molar-refractivity contribution in [1.29, 1.82) is 0 Å². The minimum Gasteiger partial charge on any atom is -0.493 e. The van der Waals surface area contributed by atoms with Crippen LogP contribution in [0, 0.1) is 6.92 Å². The van der Waals surface area contributed by atoms with Gasteiger partial charge in [-0.25, -0.2) is 9.78 Å². The third kappa shape index (κ3) is 2.86. The summed E-state index contributed by atoms with van der Waals surface area (Å²) in [4.78, 5) is 34.9. The number of nitrogens with one attached hydrogen (secondary N) is 1. The summed E-state index contributed by atoms with van der Waals surface area (Å²) in [7, 11) is 1.51. The predicted octanol–water partition coefficient (Wildman–Crippen LogP) is 3.23. The standard InChI is InChI=1S/C22H19N3O4/c1-12-6-7-16-17(8-12)24-20(23-16)14-10-25(11-14)21(26)15-9-13-4-3-5-18(28-2)19(13)29-22(15)27/h3-9,14H,10-11H2,1-2H3,(H,23,24). The van der Waals surface area contributed by atoms with E-state index < -0.39 is 5.63 Å². The largest absolute Gasteiger partial charge is 0.493 e. The molecule has 1 aliphatic heterocycles. The van der Waals surface area contributed by atoms with Gasteiger partial charge in [-0.3, -0.25) is 4.79 Å². The summed E-state index contributed by atoms with van der Waals surface area (Å²) in [5.74, 6) is 1.12. The summed E-state index contributed by atoms with van der Waals surface area (Å²) in [5.41, 5.74) is 2.79. The lowest BCUT2D eigenvalue weighted by Crippen LogP contribution is -2.49. The van der Waals surface area contributed by atoms with Crippen LogP contribution in [0.4, 0.5) is 0 Å². The van der Waals surface area contributed by atoms with Gasteiger partial charge in [-0.1, -0.05) is 18.2 Å². The third-order valence-electron chi connectivity index (χ3n) is 5.39. The van der Waals surface area contributed by atoms with Crippen LogP contribution in [0.25, 0.3) is 22.0 Å². The second-order valence-corrected chi connectivity index (χ2v) is 7.38. The van der Waals surface area contributed by atoms with E-state index in [2.05, 4.69) is 16.0 Å². The number of hydrogen-bond donors (Lipinski definition) is 1. The number of likely N-dealkylation sites (tertiary alicyclic amines) is 1. The molecule has 1 N–H and O–H groups in total. The Morgan fingerprint density at radius 1 is 1.24 bits per heavy atom. The summed E-state index contributed by atoms with van der Waals surface area (Å²) in [6.45, 7) is 3.05. The van der Waals surface area contributed by atoms with E-state index in [0.717, 1.165) is 22.4 Å². The minimum absolute atomic E-state index is 0.0319. The maximum Gasteiger partial charge on any atom is 0.349 e. The summed E-state index contributed by atoms with van der Waals surface area (Å²) in [6, 6.07) is 12.9. The number of carbonyl (C=O) groups excluding carboxylic acids is 1. The molecule has 3 heterocycles. The first kappa shape index (κ1) is 17.5. The minimum atomic E-state index is -0.658. The lowest BCUT2D eigenvalue weighted by atomic mass is 9.98. The number of nitrogens with zero attached hydrogens (tertiary/aromatic N) is 2. The Labute approximate surface area is 165 Å². The van der Waals surface area contributed by atoms with Gasteiger partial charge in [0.25, 0.3) is 5.91 Å². The van der Waals surface area contributed by atoms with E-state index in [1.54, 1.807) is 29.2 Å². The van der Waals surface area contributed by atoms with Gasteiger partial charge in [0.1, 0.15) is 11.4 Å². The number of carbonyl (C=O) groups is 1. The normalized spacial score (nSPS) is 14.3. The smallest absolute Gasteiger partial charge is 0.349 e. The van der Waals surface area contributed by atoms with E-state index in [-0.39, 0.29) is 17.4 Å². The Kier molecular flexibility index (Phi) is 3.91. The van der Waals surface area contributed by atoms with Crippen LogP contribution in [0.15, 0.2) is 51.7 Å². The topological polar surface area (TPSA) is 88.4 Å². The zero-order chi connectivity index (χ0) is 20.1. The number of aromatic nitrogens is 2. The van der Waals surface area contributed by atoms with Crippen LogP contribution in [-0.4, -0.2) is 41.0 Å². The number of H-pyrrole nitrogens is 1. The molecule has 2 aromatic heterocycles. The van der Waals surface area contributed by atoms with Crippen molar-refractivity contribution in [3.05, 3.63) is 69.8 Å². The Bertz CT molecular complexity index is 1310. The number of benzene rings is 2. The third-order valence-corrected chi connectivity index (χ3v) is 5.39. The summed E-state index contributed by atoms with van der Waals surface area (Å²) in [5, 5.41) is 0.650. The van der Waals surface area contributed by atoms with Crippen LogP contribution in [0.5, 0.6) is 5.75 Å². The molecule has 1 amide bonds. The number of amides is 1. The maximum atomic E-state index is 12.8. The summed E-state index contributed by atoms with van der Waals surface area (Å²) >= 11 is 0. The van der Waals surface area contributed by atoms with Gasteiger partial charge in [0.2, 0.25) is 0 Å². The Morgan fingerprint density at radius 3 is 2.86 bits per heavy atom. The molecule has 7 nitrogen and oxygen atoms in total. The van der Waals surface area contributed by atoms with Crippen LogP contribution in [0.3, 0.4) is 0 Å². The van der Waals surface area contributed by atoms with Crippen LogP contribution < -0.4 is 10.4 Å². The number of methoxy groups -OCH3 is 1. The van der Waals surface area contributed by atoms with Gasteiger partial charge in [-0.05, 0) is 36.8 Å². The zero-order valence-corrected chi connectivity index (χ0v) is 16.1. The highest BCUT2D eigenvalue weighted by atomic mass is 16.5. The van der Waals surface area contributed by atoms with E-state index in [9.17, 15) is 9.59 Å². The van der Waals surface area contributed by atoms with Crippen molar-refractivity contribution in [1.82, 2.24) is 14.9 Å². The fraction of sp³-hybridized carbons (Fsp3) is 0.227. The van der Waals surface area contributed by atoms with E-state index in [1.807, 2.05) is 19.1 Å². The first-order valence-corrected chi connectivity index (χ1v) is 9.40. The van der Waals surface area contributed by atoms with Crippen molar-refractivity contribution in [3.63, 3.8) is 0 Å². The van der Waals surface area contributed by atoms with Crippen LogP contribution in [-0.2, 0) is 0 Å². The van der Waals surface area contributed by atoms with Gasteiger partial charge in [0, 0.05) is 18.5 Å². The highest BCUT2D eigenvalue weighted by Crippen LogP contribution is 2.29. The second-order valence-electron chi connectivity index (χ2n) is 7.38. The lowest BCUT2D eigenvalue weighted by molar-refractivity contribution is 0.0591. The van der Waals surface area contributed by atoms with Crippen LogP contribution in [0.2, 0.25) is 0 Å². The fourth-order valence-corrected chi connectivity index (χ4v) is 3.75. The van der Waals surface area contributed by atoms with E-state index >= 15 is 0 Å². The number of aromatic amines is 1. The van der Waals surface area contributed by atoms with Gasteiger partial charge < -0.3 is 19.0 Å². The molecule has 1 aliphatic rings. The summed E-state index contributed by atoms with van der Waals surface area (Å²) in [6.07, 6.45) is 0. The summed E-state index contributed by atoms with van der Waals surface area (Å²) < 4.78 is 10.6. The molecule has 0 unspecified atom stereocenters. The molecular formula is C22H19N3O4. The van der Waals surface area contributed by atoms with Gasteiger partial charge >= 0.3 is 5.63 Å². The van der Waals surface area contributed by atoms with Crippen LogP contribution >= 0.6 is 0 Å². The molecule has 0 saturated carbocycles. The molecule has 1 fully saturated rings. The Morgan fingerprint density at radius 2 is 2.07 bits per heavy atom. The molecule has 0 bridgehead atoms. The predicted molar refractivity (Wildman–Crippen MR) is 109 cm³/mol. The average molecular weight is 389 g/mol. The number of para-hydroxylation sites is 1. The monoisotopic (exact) mass is 389 g/mol. The van der Waals surface area contributed by atoms with Crippen molar-refractivity contribution in [2.45, 2.75) is 12.8 Å². The van der Waals surface area contributed by atoms with Crippen LogP contribution in [0.1, 0.15) is 27.7 Å². The lowest BCUT2D eigenvalue weighted by Gasteiger charge is -2.37. The molecule has 0 spiro atoms. The average Bonchev–Trinajstić information content (AvgIpc) is 3.08. The number of ether oxygens (including phenoxy) is 1. The first-order valence-electron chi connectivity index (χ1n) is 9.40. The Balaban J connectivity index is 1.38.